The lowest BCUT2D eigenvalue weighted by Crippen LogP contribution is -2.17. The lowest BCUT2D eigenvalue weighted by molar-refractivity contribution is 0.133. The van der Waals surface area contributed by atoms with Gasteiger partial charge in [-0.25, -0.2) is 8.42 Å². The van der Waals surface area contributed by atoms with Crippen molar-refractivity contribution in [2.45, 2.75) is 24.8 Å². The zero-order valence-electron chi connectivity index (χ0n) is 10.2. The SMILES string of the molecule is CCOCC(N)c1ccc(S(=O)(=O)CC)cc1. The second-order valence-electron chi connectivity index (χ2n) is 3.74. The Hall–Kier alpha value is -0.910. The Morgan fingerprint density at radius 3 is 2.29 bits per heavy atom. The lowest BCUT2D eigenvalue weighted by Gasteiger charge is -2.12. The first kappa shape index (κ1) is 14.2. The summed E-state index contributed by atoms with van der Waals surface area (Å²) in [6, 6.07) is 6.46. The van der Waals surface area contributed by atoms with E-state index in [2.05, 4.69) is 0 Å². The van der Waals surface area contributed by atoms with E-state index in [9.17, 15) is 8.42 Å². The number of nitrogens with two attached hydrogens (primary N) is 1. The van der Waals surface area contributed by atoms with Gasteiger partial charge in [-0.05, 0) is 24.6 Å². The van der Waals surface area contributed by atoms with Crippen molar-refractivity contribution >= 4 is 9.84 Å². The summed E-state index contributed by atoms with van der Waals surface area (Å²) in [7, 11) is -3.13. The van der Waals surface area contributed by atoms with Crippen molar-refractivity contribution in [2.75, 3.05) is 19.0 Å². The predicted molar refractivity (Wildman–Crippen MR) is 67.6 cm³/mol. The Balaban J connectivity index is 2.81. The van der Waals surface area contributed by atoms with E-state index in [1.54, 1.807) is 31.2 Å². The zero-order chi connectivity index (χ0) is 12.9. The number of sulfone groups is 1. The normalized spacial score (nSPS) is 13.6. The highest BCUT2D eigenvalue weighted by atomic mass is 32.2. The summed E-state index contributed by atoms with van der Waals surface area (Å²) in [6.45, 7) is 4.60. The van der Waals surface area contributed by atoms with E-state index in [0.717, 1.165) is 5.56 Å². The first-order valence-corrected chi connectivity index (χ1v) is 7.32. The van der Waals surface area contributed by atoms with Crippen molar-refractivity contribution in [1.82, 2.24) is 0 Å². The molecule has 0 spiro atoms. The van der Waals surface area contributed by atoms with E-state index in [1.807, 2.05) is 6.92 Å². The maximum absolute atomic E-state index is 11.6. The van der Waals surface area contributed by atoms with Crippen LogP contribution < -0.4 is 5.73 Å². The molecule has 17 heavy (non-hydrogen) atoms. The van der Waals surface area contributed by atoms with Crippen LogP contribution in [-0.2, 0) is 14.6 Å². The van der Waals surface area contributed by atoms with Crippen molar-refractivity contribution in [3.63, 3.8) is 0 Å². The molecule has 5 heteroatoms. The highest BCUT2D eigenvalue weighted by Gasteiger charge is 2.12. The van der Waals surface area contributed by atoms with E-state index in [1.165, 1.54) is 0 Å². The van der Waals surface area contributed by atoms with Crippen LogP contribution in [0.25, 0.3) is 0 Å². The fraction of sp³-hybridized carbons (Fsp3) is 0.500. The lowest BCUT2D eigenvalue weighted by atomic mass is 10.1. The fourth-order valence-corrected chi connectivity index (χ4v) is 2.31. The van der Waals surface area contributed by atoms with Gasteiger partial charge in [-0.1, -0.05) is 19.1 Å². The van der Waals surface area contributed by atoms with Crippen molar-refractivity contribution in [3.05, 3.63) is 29.8 Å². The molecule has 1 unspecified atom stereocenters. The fourth-order valence-electron chi connectivity index (χ4n) is 1.43. The molecule has 4 nitrogen and oxygen atoms in total. The maximum atomic E-state index is 11.6. The number of rotatable bonds is 6. The summed E-state index contributed by atoms with van der Waals surface area (Å²) in [6.07, 6.45) is 0. The summed E-state index contributed by atoms with van der Waals surface area (Å²) in [5.74, 6) is 0.108. The first-order chi connectivity index (χ1) is 8.01. The molecular formula is C12H19NO3S. The third kappa shape index (κ3) is 3.80. The summed E-state index contributed by atoms with van der Waals surface area (Å²) >= 11 is 0. The molecule has 1 atom stereocenters. The summed E-state index contributed by atoms with van der Waals surface area (Å²) in [4.78, 5) is 0.340. The van der Waals surface area contributed by atoms with Gasteiger partial charge >= 0.3 is 0 Å². The van der Waals surface area contributed by atoms with Crippen LogP contribution in [0.3, 0.4) is 0 Å². The monoisotopic (exact) mass is 257 g/mol. The molecule has 0 saturated carbocycles. The Bertz CT molecular complexity index is 439. The topological polar surface area (TPSA) is 69.4 Å². The summed E-state index contributed by atoms with van der Waals surface area (Å²) in [5.41, 5.74) is 6.78. The molecule has 0 aromatic heterocycles. The number of ether oxygens (including phenoxy) is 1. The van der Waals surface area contributed by atoms with Crippen LogP contribution in [0, 0.1) is 0 Å². The molecule has 2 N–H and O–H groups in total. The molecule has 1 aromatic rings. The average molecular weight is 257 g/mol. The molecule has 0 radical (unpaired) electrons. The van der Waals surface area contributed by atoms with Crippen LogP contribution in [0.15, 0.2) is 29.2 Å². The largest absolute Gasteiger partial charge is 0.380 e. The van der Waals surface area contributed by atoms with Crippen LogP contribution in [0.1, 0.15) is 25.5 Å². The van der Waals surface area contributed by atoms with Crippen molar-refractivity contribution in [2.24, 2.45) is 5.73 Å². The molecule has 0 aliphatic heterocycles. The van der Waals surface area contributed by atoms with Crippen molar-refractivity contribution < 1.29 is 13.2 Å². The average Bonchev–Trinajstić information content (AvgIpc) is 2.36. The smallest absolute Gasteiger partial charge is 0.178 e. The molecular weight excluding hydrogens is 238 g/mol. The summed E-state index contributed by atoms with van der Waals surface area (Å²) < 4.78 is 28.4. The Morgan fingerprint density at radius 2 is 1.82 bits per heavy atom. The van der Waals surface area contributed by atoms with Crippen molar-refractivity contribution in [1.29, 1.82) is 0 Å². The molecule has 0 aliphatic rings. The van der Waals surface area contributed by atoms with Gasteiger partial charge in [0.05, 0.1) is 23.3 Å². The number of hydrogen-bond donors (Lipinski definition) is 1. The zero-order valence-corrected chi connectivity index (χ0v) is 11.0. The third-order valence-corrected chi connectivity index (χ3v) is 4.30. The van der Waals surface area contributed by atoms with Crippen LogP contribution >= 0.6 is 0 Å². The van der Waals surface area contributed by atoms with E-state index in [0.29, 0.717) is 18.1 Å². The quantitative estimate of drug-likeness (QED) is 0.838. The minimum absolute atomic E-state index is 0.108. The van der Waals surface area contributed by atoms with Gasteiger partial charge in [-0.15, -0.1) is 0 Å². The highest BCUT2D eigenvalue weighted by molar-refractivity contribution is 7.91. The minimum Gasteiger partial charge on any atom is -0.380 e. The van der Waals surface area contributed by atoms with Gasteiger partial charge in [0.15, 0.2) is 9.84 Å². The van der Waals surface area contributed by atoms with Gasteiger partial charge in [0.1, 0.15) is 0 Å². The Morgan fingerprint density at radius 1 is 1.24 bits per heavy atom. The van der Waals surface area contributed by atoms with Gasteiger partial charge < -0.3 is 10.5 Å². The molecule has 0 fully saturated rings. The molecule has 0 aliphatic carbocycles. The van der Waals surface area contributed by atoms with E-state index >= 15 is 0 Å². The molecule has 0 heterocycles. The highest BCUT2D eigenvalue weighted by Crippen LogP contribution is 2.16. The molecule has 1 aromatic carbocycles. The van der Waals surface area contributed by atoms with Gasteiger partial charge in [0, 0.05) is 6.61 Å². The maximum Gasteiger partial charge on any atom is 0.178 e. The summed E-state index contributed by atoms with van der Waals surface area (Å²) in [5, 5.41) is 0. The molecule has 0 bridgehead atoms. The molecule has 96 valence electrons. The van der Waals surface area contributed by atoms with Gasteiger partial charge in [0.25, 0.3) is 0 Å². The standard InChI is InChI=1S/C12H19NO3S/c1-3-16-9-12(13)10-5-7-11(8-6-10)17(14,15)4-2/h5-8,12H,3-4,9,13H2,1-2H3. The van der Waals surface area contributed by atoms with E-state index in [4.69, 9.17) is 10.5 Å². The molecule has 0 saturated heterocycles. The van der Waals surface area contributed by atoms with Crippen LogP contribution in [0.4, 0.5) is 0 Å². The van der Waals surface area contributed by atoms with Crippen LogP contribution in [-0.4, -0.2) is 27.4 Å². The van der Waals surface area contributed by atoms with Gasteiger partial charge in [-0.2, -0.15) is 0 Å². The second kappa shape index (κ2) is 6.14. The van der Waals surface area contributed by atoms with Gasteiger partial charge in [-0.3, -0.25) is 0 Å². The number of hydrogen-bond acceptors (Lipinski definition) is 4. The Kier molecular flexibility index (Phi) is 5.11. The van der Waals surface area contributed by atoms with E-state index < -0.39 is 9.84 Å². The van der Waals surface area contributed by atoms with Crippen molar-refractivity contribution in [3.8, 4) is 0 Å². The molecule has 1 rings (SSSR count). The predicted octanol–water partition coefficient (Wildman–Crippen LogP) is 1.52. The van der Waals surface area contributed by atoms with E-state index in [-0.39, 0.29) is 11.8 Å². The Labute approximate surface area is 103 Å². The van der Waals surface area contributed by atoms with Gasteiger partial charge in [0.2, 0.25) is 0 Å². The number of benzene rings is 1. The second-order valence-corrected chi connectivity index (χ2v) is 6.02. The van der Waals surface area contributed by atoms with Crippen LogP contribution in [0.5, 0.6) is 0 Å². The van der Waals surface area contributed by atoms with Crippen LogP contribution in [0.2, 0.25) is 0 Å². The minimum atomic E-state index is -3.13. The molecule has 0 amide bonds. The third-order valence-electron chi connectivity index (χ3n) is 2.55. The first-order valence-electron chi connectivity index (χ1n) is 5.67.